The Labute approximate surface area is 267 Å². The number of halogens is 3. The third kappa shape index (κ3) is 7.34. The summed E-state index contributed by atoms with van der Waals surface area (Å²) in [5.74, 6) is -0.00199. The largest absolute Gasteiger partial charge is 0.478 e. The highest BCUT2D eigenvalue weighted by molar-refractivity contribution is 6.07. The van der Waals surface area contributed by atoms with Gasteiger partial charge in [0.2, 0.25) is 5.88 Å². The van der Waals surface area contributed by atoms with Gasteiger partial charge >= 0.3 is 6.18 Å². The molecule has 0 spiro atoms. The lowest BCUT2D eigenvalue weighted by molar-refractivity contribution is -0.137. The van der Waals surface area contributed by atoms with Crippen LogP contribution in [0.15, 0.2) is 66.7 Å². The number of amides is 1. The lowest BCUT2D eigenvalue weighted by atomic mass is 9.95. The van der Waals surface area contributed by atoms with Crippen LogP contribution in [0.1, 0.15) is 66.1 Å². The lowest BCUT2D eigenvalue weighted by Crippen LogP contribution is -2.46. The second kappa shape index (κ2) is 14.2. The van der Waals surface area contributed by atoms with Crippen molar-refractivity contribution in [1.29, 1.82) is 0 Å². The quantitative estimate of drug-likeness (QED) is 0.213. The van der Waals surface area contributed by atoms with Gasteiger partial charge in [-0.25, -0.2) is 9.97 Å². The predicted octanol–water partition coefficient (Wildman–Crippen LogP) is 7.09. The van der Waals surface area contributed by atoms with Gasteiger partial charge < -0.3 is 15.0 Å². The Morgan fingerprint density at radius 3 is 2.41 bits per heavy atom. The van der Waals surface area contributed by atoms with Crippen LogP contribution in [-0.4, -0.2) is 64.5 Å². The Kier molecular flexibility index (Phi) is 9.84. The van der Waals surface area contributed by atoms with Crippen LogP contribution < -0.4 is 10.1 Å². The van der Waals surface area contributed by atoms with Gasteiger partial charge in [-0.3, -0.25) is 9.69 Å². The monoisotopic (exact) mass is 631 g/mol. The van der Waals surface area contributed by atoms with Crippen molar-refractivity contribution in [3.8, 4) is 17.1 Å². The highest BCUT2D eigenvalue weighted by Crippen LogP contribution is 2.36. The fraction of sp³-hybridized carbons (Fsp3) is 0.417. The van der Waals surface area contributed by atoms with Crippen molar-refractivity contribution >= 4 is 16.9 Å². The summed E-state index contributed by atoms with van der Waals surface area (Å²) < 4.78 is 47.3. The van der Waals surface area contributed by atoms with E-state index in [-0.39, 0.29) is 12.5 Å². The third-order valence-corrected chi connectivity index (χ3v) is 9.03. The van der Waals surface area contributed by atoms with Crippen molar-refractivity contribution in [2.45, 2.75) is 64.3 Å². The molecule has 2 aromatic carbocycles. The number of hydrogen-bond acceptors (Lipinski definition) is 6. The number of rotatable bonds is 9. The average Bonchev–Trinajstić information content (AvgIpc) is 3.08. The number of alkyl halides is 3. The molecule has 0 aliphatic carbocycles. The van der Waals surface area contributed by atoms with E-state index in [1.807, 2.05) is 37.3 Å². The topological polar surface area (TPSA) is 70.6 Å². The first-order valence-electron chi connectivity index (χ1n) is 16.2. The summed E-state index contributed by atoms with van der Waals surface area (Å²) >= 11 is 0. The highest BCUT2D eigenvalue weighted by Gasteiger charge is 2.32. The number of likely N-dealkylation sites (tertiary alicyclic amines) is 2. The summed E-state index contributed by atoms with van der Waals surface area (Å²) in [5.41, 5.74) is 2.48. The smallest absolute Gasteiger partial charge is 0.416 e. The minimum atomic E-state index is -4.52. The van der Waals surface area contributed by atoms with E-state index in [9.17, 15) is 18.0 Å². The molecule has 1 N–H and O–H groups in total. The van der Waals surface area contributed by atoms with E-state index in [0.29, 0.717) is 58.5 Å². The van der Waals surface area contributed by atoms with E-state index in [2.05, 4.69) is 15.1 Å². The summed E-state index contributed by atoms with van der Waals surface area (Å²) in [6.07, 6.45) is 1.25. The van der Waals surface area contributed by atoms with E-state index in [1.165, 1.54) is 25.3 Å². The maximum Gasteiger partial charge on any atom is 0.416 e. The molecule has 2 aliphatic rings. The van der Waals surface area contributed by atoms with E-state index in [4.69, 9.17) is 14.7 Å². The number of aromatic nitrogens is 2. The number of benzene rings is 2. The SMILES string of the molecule is CCOc1ccc2nc(-c3cccc(C(F)(F)F)c3)c(CN3CCC(N4CCCCC4)CC3)c(C(=O)NCc3ccccc3)c2n1. The maximum atomic E-state index is 14.2. The molecule has 1 amide bonds. The first kappa shape index (κ1) is 31.9. The molecule has 10 heteroatoms. The van der Waals surface area contributed by atoms with Crippen molar-refractivity contribution < 1.29 is 22.7 Å². The van der Waals surface area contributed by atoms with Gasteiger partial charge in [-0.2, -0.15) is 13.2 Å². The Balaban J connectivity index is 1.43. The molecule has 4 aromatic rings. The number of carbonyl (C=O) groups excluding carboxylic acids is 1. The molecular formula is C36H40F3N5O2. The Morgan fingerprint density at radius 1 is 0.935 bits per heavy atom. The normalized spacial score (nSPS) is 16.9. The molecule has 2 aliphatic heterocycles. The lowest BCUT2D eigenvalue weighted by Gasteiger charge is -2.40. The van der Waals surface area contributed by atoms with Gasteiger partial charge in [0.25, 0.3) is 5.91 Å². The highest BCUT2D eigenvalue weighted by atomic mass is 19.4. The molecule has 0 atom stereocenters. The van der Waals surface area contributed by atoms with Crippen LogP contribution in [0.2, 0.25) is 0 Å². The Bertz CT molecular complexity index is 1650. The summed E-state index contributed by atoms with van der Waals surface area (Å²) in [7, 11) is 0. The molecule has 2 aromatic heterocycles. The van der Waals surface area contributed by atoms with Gasteiger partial charge in [-0.1, -0.05) is 48.9 Å². The summed E-state index contributed by atoms with van der Waals surface area (Å²) in [6, 6.07) is 18.7. The number of piperidine rings is 2. The number of carbonyl (C=O) groups is 1. The van der Waals surface area contributed by atoms with Gasteiger partial charge in [-0.15, -0.1) is 0 Å². The number of fused-ring (bicyclic) bond motifs is 1. The number of nitrogens with one attached hydrogen (secondary N) is 1. The Morgan fingerprint density at radius 2 is 1.70 bits per heavy atom. The molecular weight excluding hydrogens is 591 g/mol. The number of ether oxygens (including phenoxy) is 1. The van der Waals surface area contributed by atoms with Crippen molar-refractivity contribution in [3.63, 3.8) is 0 Å². The zero-order valence-corrected chi connectivity index (χ0v) is 26.2. The molecule has 0 unspecified atom stereocenters. The van der Waals surface area contributed by atoms with Crippen LogP contribution in [0.25, 0.3) is 22.3 Å². The first-order chi connectivity index (χ1) is 22.3. The van der Waals surface area contributed by atoms with E-state index >= 15 is 0 Å². The van der Waals surface area contributed by atoms with Crippen molar-refractivity contribution in [1.82, 2.24) is 25.1 Å². The summed E-state index contributed by atoms with van der Waals surface area (Å²) in [4.78, 5) is 28.7. The standard InChI is InChI=1S/C36H40F3N5O2/c1-2-46-31-15-14-30-34(42-31)32(35(45)40-23-25-10-5-3-6-11-25)29(33(41-30)26-12-9-13-27(22-26)36(37,38)39)24-43-20-16-28(17-21-43)44-18-7-4-8-19-44/h3,5-6,9-15,22,28H,2,4,7-8,16-21,23-24H2,1H3,(H,40,45). The maximum absolute atomic E-state index is 14.2. The minimum Gasteiger partial charge on any atom is -0.478 e. The summed E-state index contributed by atoms with van der Waals surface area (Å²) in [6.45, 7) is 6.80. The number of pyridine rings is 2. The third-order valence-electron chi connectivity index (χ3n) is 9.03. The fourth-order valence-electron chi connectivity index (χ4n) is 6.68. The number of hydrogen-bond donors (Lipinski definition) is 1. The molecule has 2 saturated heterocycles. The van der Waals surface area contributed by atoms with Crippen LogP contribution in [-0.2, 0) is 19.3 Å². The molecule has 0 bridgehead atoms. The first-order valence-corrected chi connectivity index (χ1v) is 16.2. The van der Waals surface area contributed by atoms with Gasteiger partial charge in [0.1, 0.15) is 5.52 Å². The zero-order valence-electron chi connectivity index (χ0n) is 26.2. The molecule has 46 heavy (non-hydrogen) atoms. The van der Waals surface area contributed by atoms with Crippen LogP contribution in [0.3, 0.4) is 0 Å². The summed E-state index contributed by atoms with van der Waals surface area (Å²) in [5, 5.41) is 3.05. The second-order valence-corrected chi connectivity index (χ2v) is 12.1. The molecule has 0 saturated carbocycles. The minimum absolute atomic E-state index is 0.286. The fourth-order valence-corrected chi connectivity index (χ4v) is 6.68. The predicted molar refractivity (Wildman–Crippen MR) is 172 cm³/mol. The van der Waals surface area contributed by atoms with Crippen LogP contribution in [0.4, 0.5) is 13.2 Å². The van der Waals surface area contributed by atoms with Gasteiger partial charge in [-0.05, 0) is 82.5 Å². The van der Waals surface area contributed by atoms with E-state index in [0.717, 1.165) is 56.7 Å². The molecule has 4 heterocycles. The van der Waals surface area contributed by atoms with Crippen molar-refractivity contribution in [3.05, 3.63) is 89.0 Å². The van der Waals surface area contributed by atoms with Gasteiger partial charge in [0.05, 0.1) is 28.9 Å². The zero-order chi connectivity index (χ0) is 32.1. The van der Waals surface area contributed by atoms with Gasteiger partial charge in [0, 0.05) is 36.3 Å². The number of nitrogens with zero attached hydrogens (tertiary/aromatic N) is 4. The molecule has 242 valence electrons. The molecule has 7 nitrogen and oxygen atoms in total. The molecule has 6 rings (SSSR count). The van der Waals surface area contributed by atoms with E-state index < -0.39 is 11.7 Å². The van der Waals surface area contributed by atoms with Crippen LogP contribution in [0.5, 0.6) is 5.88 Å². The van der Waals surface area contributed by atoms with Gasteiger partial charge in [0.15, 0.2) is 0 Å². The average molecular weight is 632 g/mol. The Hall–Kier alpha value is -4.02. The molecule has 2 fully saturated rings. The van der Waals surface area contributed by atoms with Crippen LogP contribution >= 0.6 is 0 Å². The molecule has 0 radical (unpaired) electrons. The second-order valence-electron chi connectivity index (χ2n) is 12.1. The van der Waals surface area contributed by atoms with E-state index in [1.54, 1.807) is 18.2 Å². The van der Waals surface area contributed by atoms with Crippen LogP contribution in [0, 0.1) is 0 Å². The van der Waals surface area contributed by atoms with Crippen molar-refractivity contribution in [2.75, 3.05) is 32.8 Å². The van der Waals surface area contributed by atoms with Crippen molar-refractivity contribution in [2.24, 2.45) is 0 Å².